The first-order chi connectivity index (χ1) is 8.58. The molecule has 4 nitrogen and oxygen atoms in total. The Labute approximate surface area is 115 Å². The number of thiazole rings is 1. The number of nitrogens with zero attached hydrogens (tertiary/aromatic N) is 3. The lowest BCUT2D eigenvalue weighted by Gasteiger charge is -2.16. The van der Waals surface area contributed by atoms with Crippen LogP contribution in [0, 0.1) is 18.3 Å². The van der Waals surface area contributed by atoms with Crippen molar-refractivity contribution in [1.82, 2.24) is 14.7 Å². The van der Waals surface area contributed by atoms with Crippen molar-refractivity contribution in [3.05, 3.63) is 21.9 Å². The largest absolute Gasteiger partial charge is 0.294 e. The number of hydrogen-bond donors (Lipinski definition) is 1. The SMILES string of the molecule is CCC(C)NC(C#N)c1c(Cl)nc2scc(C)n12. The summed E-state index contributed by atoms with van der Waals surface area (Å²) in [6.45, 7) is 6.12. The normalized spacial score (nSPS) is 14.6. The third kappa shape index (κ3) is 2.24. The lowest BCUT2D eigenvalue weighted by molar-refractivity contribution is 0.493. The monoisotopic (exact) mass is 282 g/mol. The number of imidazole rings is 1. The maximum atomic E-state index is 9.35. The van der Waals surface area contributed by atoms with E-state index in [1.54, 1.807) is 0 Å². The van der Waals surface area contributed by atoms with Crippen LogP contribution < -0.4 is 5.32 Å². The molecule has 96 valence electrons. The third-order valence-electron chi connectivity index (χ3n) is 2.99. The molecule has 2 heterocycles. The van der Waals surface area contributed by atoms with Crippen LogP contribution in [-0.4, -0.2) is 15.4 Å². The van der Waals surface area contributed by atoms with Gasteiger partial charge in [0, 0.05) is 17.1 Å². The third-order valence-corrected chi connectivity index (χ3v) is 4.21. The Morgan fingerprint density at radius 2 is 2.39 bits per heavy atom. The highest BCUT2D eigenvalue weighted by molar-refractivity contribution is 7.15. The molecule has 0 aliphatic heterocycles. The van der Waals surface area contributed by atoms with Gasteiger partial charge in [0.25, 0.3) is 0 Å². The highest BCUT2D eigenvalue weighted by Crippen LogP contribution is 2.28. The molecule has 0 aromatic carbocycles. The lowest BCUT2D eigenvalue weighted by atomic mass is 10.2. The summed E-state index contributed by atoms with van der Waals surface area (Å²) in [6, 6.07) is 2.09. The van der Waals surface area contributed by atoms with Crippen molar-refractivity contribution in [3.63, 3.8) is 0 Å². The van der Waals surface area contributed by atoms with Gasteiger partial charge < -0.3 is 0 Å². The number of nitriles is 1. The van der Waals surface area contributed by atoms with Crippen LogP contribution in [0.2, 0.25) is 5.15 Å². The summed E-state index contributed by atoms with van der Waals surface area (Å²) in [5, 5.41) is 15.0. The Morgan fingerprint density at radius 3 is 3.00 bits per heavy atom. The van der Waals surface area contributed by atoms with E-state index in [0.717, 1.165) is 22.8 Å². The highest BCUT2D eigenvalue weighted by atomic mass is 35.5. The van der Waals surface area contributed by atoms with E-state index in [1.807, 2.05) is 16.7 Å². The standard InChI is InChI=1S/C12H15ClN4S/c1-4-7(2)15-9(5-14)10-11(13)16-12-17(10)8(3)6-18-12/h6-7,9,15H,4H2,1-3H3. The summed E-state index contributed by atoms with van der Waals surface area (Å²) in [7, 11) is 0. The van der Waals surface area contributed by atoms with Gasteiger partial charge in [-0.05, 0) is 20.3 Å². The van der Waals surface area contributed by atoms with E-state index in [0.29, 0.717) is 5.15 Å². The maximum Gasteiger partial charge on any atom is 0.195 e. The molecule has 0 spiro atoms. The molecule has 0 bridgehead atoms. The van der Waals surface area contributed by atoms with Crippen LogP contribution in [-0.2, 0) is 0 Å². The summed E-state index contributed by atoms with van der Waals surface area (Å²) in [5.41, 5.74) is 1.80. The smallest absolute Gasteiger partial charge is 0.195 e. The fraction of sp³-hybridized carbons (Fsp3) is 0.500. The zero-order valence-electron chi connectivity index (χ0n) is 10.6. The molecule has 6 heteroatoms. The van der Waals surface area contributed by atoms with Crippen molar-refractivity contribution in [2.45, 2.75) is 39.3 Å². The number of aryl methyl sites for hydroxylation is 1. The van der Waals surface area contributed by atoms with E-state index in [2.05, 4.69) is 30.2 Å². The first-order valence-electron chi connectivity index (χ1n) is 5.86. The minimum atomic E-state index is -0.434. The Morgan fingerprint density at radius 1 is 1.67 bits per heavy atom. The predicted octanol–water partition coefficient (Wildman–Crippen LogP) is 3.31. The Bertz CT molecular complexity index is 595. The molecule has 2 aromatic rings. The second-order valence-electron chi connectivity index (χ2n) is 4.32. The predicted molar refractivity (Wildman–Crippen MR) is 74.1 cm³/mol. The number of hydrogen-bond acceptors (Lipinski definition) is 4. The maximum absolute atomic E-state index is 9.35. The molecule has 2 rings (SSSR count). The van der Waals surface area contributed by atoms with E-state index in [9.17, 15) is 5.26 Å². The van der Waals surface area contributed by atoms with Crippen LogP contribution in [0.25, 0.3) is 4.96 Å². The van der Waals surface area contributed by atoms with Crippen LogP contribution in [0.4, 0.5) is 0 Å². The van der Waals surface area contributed by atoms with E-state index in [-0.39, 0.29) is 6.04 Å². The fourth-order valence-corrected chi connectivity index (χ4v) is 3.02. The number of nitrogens with one attached hydrogen (secondary N) is 1. The van der Waals surface area contributed by atoms with Gasteiger partial charge in [-0.15, -0.1) is 11.3 Å². The van der Waals surface area contributed by atoms with Gasteiger partial charge in [-0.3, -0.25) is 9.72 Å². The van der Waals surface area contributed by atoms with Gasteiger partial charge in [-0.1, -0.05) is 18.5 Å². The van der Waals surface area contributed by atoms with Gasteiger partial charge in [-0.25, -0.2) is 4.98 Å². The summed E-state index contributed by atoms with van der Waals surface area (Å²) < 4.78 is 1.95. The lowest BCUT2D eigenvalue weighted by Crippen LogP contribution is -2.30. The van der Waals surface area contributed by atoms with Crippen molar-refractivity contribution < 1.29 is 0 Å². The van der Waals surface area contributed by atoms with E-state index >= 15 is 0 Å². The summed E-state index contributed by atoms with van der Waals surface area (Å²) in [4.78, 5) is 5.12. The minimum Gasteiger partial charge on any atom is -0.294 e. The molecule has 1 N–H and O–H groups in total. The van der Waals surface area contributed by atoms with Gasteiger partial charge in [0.1, 0.15) is 6.04 Å². The highest BCUT2D eigenvalue weighted by Gasteiger charge is 2.23. The molecule has 2 unspecified atom stereocenters. The molecule has 2 atom stereocenters. The van der Waals surface area contributed by atoms with Crippen molar-refractivity contribution in [2.75, 3.05) is 0 Å². The second kappa shape index (κ2) is 5.27. The van der Waals surface area contributed by atoms with Crippen molar-refractivity contribution in [2.24, 2.45) is 0 Å². The molecule has 0 aliphatic rings. The van der Waals surface area contributed by atoms with Gasteiger partial charge in [0.15, 0.2) is 10.1 Å². The fourth-order valence-electron chi connectivity index (χ4n) is 1.83. The number of halogens is 1. The number of aromatic nitrogens is 2. The van der Waals surface area contributed by atoms with Crippen LogP contribution in [0.5, 0.6) is 0 Å². The van der Waals surface area contributed by atoms with Crippen LogP contribution in [0.15, 0.2) is 5.38 Å². The van der Waals surface area contributed by atoms with E-state index in [1.165, 1.54) is 11.3 Å². The molecular weight excluding hydrogens is 268 g/mol. The molecular formula is C12H15ClN4S. The van der Waals surface area contributed by atoms with Crippen molar-refractivity contribution in [3.8, 4) is 6.07 Å². The van der Waals surface area contributed by atoms with Gasteiger partial charge in [0.05, 0.1) is 11.8 Å². The van der Waals surface area contributed by atoms with Gasteiger partial charge in [-0.2, -0.15) is 5.26 Å². The molecule has 0 aliphatic carbocycles. The molecule has 0 saturated carbocycles. The van der Waals surface area contributed by atoms with Crippen molar-refractivity contribution in [1.29, 1.82) is 5.26 Å². The quantitative estimate of drug-likeness (QED) is 0.936. The first kappa shape index (κ1) is 13.3. The molecule has 0 radical (unpaired) electrons. The van der Waals surface area contributed by atoms with E-state index < -0.39 is 6.04 Å². The molecule has 2 aromatic heterocycles. The first-order valence-corrected chi connectivity index (χ1v) is 7.11. The average molecular weight is 283 g/mol. The summed E-state index contributed by atoms with van der Waals surface area (Å²) >= 11 is 7.70. The molecule has 0 amide bonds. The second-order valence-corrected chi connectivity index (χ2v) is 5.52. The van der Waals surface area contributed by atoms with Gasteiger partial charge in [0.2, 0.25) is 0 Å². The number of fused-ring (bicyclic) bond motifs is 1. The zero-order valence-corrected chi connectivity index (χ0v) is 12.1. The Hall–Kier alpha value is -1.09. The summed E-state index contributed by atoms with van der Waals surface area (Å²) in [6.07, 6.45) is 0.959. The van der Waals surface area contributed by atoms with Gasteiger partial charge >= 0.3 is 0 Å². The Kier molecular flexibility index (Phi) is 3.91. The van der Waals surface area contributed by atoms with Crippen LogP contribution in [0.3, 0.4) is 0 Å². The summed E-state index contributed by atoms with van der Waals surface area (Å²) in [5.74, 6) is 0. The van der Waals surface area contributed by atoms with E-state index in [4.69, 9.17) is 11.6 Å². The zero-order chi connectivity index (χ0) is 13.3. The average Bonchev–Trinajstić information content (AvgIpc) is 2.86. The topological polar surface area (TPSA) is 53.1 Å². The minimum absolute atomic E-state index is 0.259. The van der Waals surface area contributed by atoms with Crippen molar-refractivity contribution >= 4 is 27.9 Å². The van der Waals surface area contributed by atoms with Crippen LogP contribution in [0.1, 0.15) is 37.7 Å². The molecule has 0 saturated heterocycles. The molecule has 18 heavy (non-hydrogen) atoms. The molecule has 0 fully saturated rings. The Balaban J connectivity index is 2.47. The van der Waals surface area contributed by atoms with Crippen LogP contribution >= 0.6 is 22.9 Å². The number of rotatable bonds is 4.